The molecule has 2 aromatic carbocycles. The van der Waals surface area contributed by atoms with Gasteiger partial charge in [-0.1, -0.05) is 54.1 Å². The van der Waals surface area contributed by atoms with Crippen LogP contribution < -0.4 is 0 Å². The van der Waals surface area contributed by atoms with Crippen LogP contribution in [0.4, 0.5) is 0 Å². The third-order valence-electron chi connectivity index (χ3n) is 3.61. The van der Waals surface area contributed by atoms with Crippen LogP contribution in [0.5, 0.6) is 0 Å². The molecule has 0 aliphatic rings. The fourth-order valence-electron chi connectivity index (χ4n) is 2.27. The summed E-state index contributed by atoms with van der Waals surface area (Å²) in [5.74, 6) is 0.886. The molecule has 0 bridgehead atoms. The van der Waals surface area contributed by atoms with Crippen molar-refractivity contribution >= 4 is 17.0 Å². The first-order valence-corrected chi connectivity index (χ1v) is 7.16. The molecular weight excluding hydrogens is 256 g/mol. The van der Waals surface area contributed by atoms with Gasteiger partial charge in [-0.3, -0.25) is 0 Å². The van der Waals surface area contributed by atoms with E-state index in [1.807, 2.05) is 25.1 Å². The van der Waals surface area contributed by atoms with Crippen LogP contribution in [0, 0.1) is 0 Å². The van der Waals surface area contributed by atoms with E-state index in [1.165, 1.54) is 16.7 Å². The standard InChI is InChI=1S/C20H18O/c1-3-15(2)9-11-19-14-18-13-17(10-12-20(18)21-19)16-7-5-4-6-8-16/h3-14H,1-2H3/b11-9-,15-3-. The van der Waals surface area contributed by atoms with Crippen LogP contribution in [0.2, 0.25) is 0 Å². The van der Waals surface area contributed by atoms with E-state index in [-0.39, 0.29) is 0 Å². The minimum atomic E-state index is 0.886. The summed E-state index contributed by atoms with van der Waals surface area (Å²) in [5.41, 5.74) is 4.58. The van der Waals surface area contributed by atoms with Gasteiger partial charge in [0.05, 0.1) is 0 Å². The summed E-state index contributed by atoms with van der Waals surface area (Å²) in [4.78, 5) is 0. The molecule has 1 heterocycles. The van der Waals surface area contributed by atoms with Gasteiger partial charge in [0.2, 0.25) is 0 Å². The Morgan fingerprint density at radius 1 is 0.952 bits per heavy atom. The topological polar surface area (TPSA) is 13.1 Å². The van der Waals surface area contributed by atoms with Gasteiger partial charge < -0.3 is 4.42 Å². The lowest BCUT2D eigenvalue weighted by Gasteiger charge is -2.00. The van der Waals surface area contributed by atoms with Crippen LogP contribution in [-0.2, 0) is 0 Å². The molecule has 21 heavy (non-hydrogen) atoms. The second kappa shape index (κ2) is 5.84. The van der Waals surface area contributed by atoms with Gasteiger partial charge in [0.25, 0.3) is 0 Å². The fourth-order valence-corrected chi connectivity index (χ4v) is 2.27. The molecule has 1 heteroatoms. The molecule has 0 aliphatic heterocycles. The molecular formula is C20H18O. The first kappa shape index (κ1) is 13.4. The van der Waals surface area contributed by atoms with E-state index in [1.54, 1.807) is 0 Å². The largest absolute Gasteiger partial charge is 0.457 e. The van der Waals surface area contributed by atoms with E-state index >= 15 is 0 Å². The van der Waals surface area contributed by atoms with Crippen LogP contribution in [0.15, 0.2) is 76.7 Å². The molecule has 3 rings (SSSR count). The van der Waals surface area contributed by atoms with Gasteiger partial charge in [-0.05, 0) is 49.2 Å². The van der Waals surface area contributed by atoms with E-state index in [0.29, 0.717) is 0 Å². The molecule has 0 unspecified atom stereocenters. The normalized spacial score (nSPS) is 12.4. The fraction of sp³-hybridized carbons (Fsp3) is 0.100. The van der Waals surface area contributed by atoms with Crippen molar-refractivity contribution in [2.75, 3.05) is 0 Å². The average Bonchev–Trinajstić information content (AvgIpc) is 2.95. The Kier molecular flexibility index (Phi) is 3.74. The Morgan fingerprint density at radius 2 is 1.76 bits per heavy atom. The Balaban J connectivity index is 1.98. The summed E-state index contributed by atoms with van der Waals surface area (Å²) in [5, 5.41) is 1.13. The van der Waals surface area contributed by atoms with Crippen molar-refractivity contribution in [1.29, 1.82) is 0 Å². The zero-order valence-electron chi connectivity index (χ0n) is 12.3. The molecule has 0 aliphatic carbocycles. The van der Waals surface area contributed by atoms with Crippen molar-refractivity contribution in [2.24, 2.45) is 0 Å². The third kappa shape index (κ3) is 2.97. The smallest absolute Gasteiger partial charge is 0.134 e. The van der Waals surface area contributed by atoms with Gasteiger partial charge in [0.1, 0.15) is 11.3 Å². The van der Waals surface area contributed by atoms with E-state index < -0.39 is 0 Å². The van der Waals surface area contributed by atoms with Gasteiger partial charge in [-0.2, -0.15) is 0 Å². The number of fused-ring (bicyclic) bond motifs is 1. The second-order valence-electron chi connectivity index (χ2n) is 5.13. The number of benzene rings is 2. The molecule has 0 saturated heterocycles. The van der Waals surface area contributed by atoms with Crippen molar-refractivity contribution in [3.63, 3.8) is 0 Å². The van der Waals surface area contributed by atoms with E-state index in [4.69, 9.17) is 4.42 Å². The van der Waals surface area contributed by atoms with Crippen molar-refractivity contribution in [1.82, 2.24) is 0 Å². The zero-order chi connectivity index (χ0) is 14.7. The molecule has 0 fully saturated rings. The number of hydrogen-bond acceptors (Lipinski definition) is 1. The molecule has 0 N–H and O–H groups in total. The molecule has 104 valence electrons. The monoisotopic (exact) mass is 274 g/mol. The molecule has 0 saturated carbocycles. The first-order chi connectivity index (χ1) is 10.3. The van der Waals surface area contributed by atoms with Crippen LogP contribution in [0.25, 0.3) is 28.2 Å². The first-order valence-electron chi connectivity index (χ1n) is 7.16. The molecule has 0 amide bonds. The predicted octanol–water partition coefficient (Wildman–Crippen LogP) is 6.08. The van der Waals surface area contributed by atoms with Crippen LogP contribution >= 0.6 is 0 Å². The molecule has 0 atom stereocenters. The summed E-state index contributed by atoms with van der Waals surface area (Å²) in [6.07, 6.45) is 6.15. The summed E-state index contributed by atoms with van der Waals surface area (Å²) in [7, 11) is 0. The molecule has 0 radical (unpaired) electrons. The van der Waals surface area contributed by atoms with Crippen LogP contribution in [-0.4, -0.2) is 0 Å². The van der Waals surface area contributed by atoms with Crippen molar-refractivity contribution in [2.45, 2.75) is 13.8 Å². The highest BCUT2D eigenvalue weighted by molar-refractivity contribution is 5.85. The van der Waals surface area contributed by atoms with E-state index in [0.717, 1.165) is 16.7 Å². The Labute approximate surface area is 125 Å². The minimum absolute atomic E-state index is 0.886. The third-order valence-corrected chi connectivity index (χ3v) is 3.61. The van der Waals surface area contributed by atoms with E-state index in [9.17, 15) is 0 Å². The summed E-state index contributed by atoms with van der Waals surface area (Å²) in [6.45, 7) is 4.11. The summed E-state index contributed by atoms with van der Waals surface area (Å²) < 4.78 is 5.84. The highest BCUT2D eigenvalue weighted by Crippen LogP contribution is 2.27. The van der Waals surface area contributed by atoms with Gasteiger partial charge in [-0.15, -0.1) is 0 Å². The molecule has 1 aromatic heterocycles. The van der Waals surface area contributed by atoms with Gasteiger partial charge in [-0.25, -0.2) is 0 Å². The van der Waals surface area contributed by atoms with Crippen molar-refractivity contribution < 1.29 is 4.42 Å². The maximum absolute atomic E-state index is 5.84. The lowest BCUT2D eigenvalue weighted by atomic mass is 10.0. The Morgan fingerprint density at radius 3 is 2.52 bits per heavy atom. The second-order valence-corrected chi connectivity index (χ2v) is 5.13. The number of allylic oxidation sites excluding steroid dienone is 3. The predicted molar refractivity (Wildman–Crippen MR) is 90.1 cm³/mol. The molecule has 1 nitrogen and oxygen atoms in total. The highest BCUT2D eigenvalue weighted by atomic mass is 16.3. The maximum Gasteiger partial charge on any atom is 0.134 e. The summed E-state index contributed by atoms with van der Waals surface area (Å²) >= 11 is 0. The Bertz CT molecular complexity index is 804. The average molecular weight is 274 g/mol. The van der Waals surface area contributed by atoms with Crippen LogP contribution in [0.3, 0.4) is 0 Å². The zero-order valence-corrected chi connectivity index (χ0v) is 12.3. The lowest BCUT2D eigenvalue weighted by molar-refractivity contribution is 0.604. The molecule has 0 spiro atoms. The molecule has 3 aromatic rings. The Hall–Kier alpha value is -2.54. The van der Waals surface area contributed by atoms with E-state index in [2.05, 4.69) is 61.5 Å². The number of hydrogen-bond donors (Lipinski definition) is 0. The minimum Gasteiger partial charge on any atom is -0.457 e. The lowest BCUT2D eigenvalue weighted by Crippen LogP contribution is -1.75. The number of furan rings is 1. The highest BCUT2D eigenvalue weighted by Gasteiger charge is 2.04. The maximum atomic E-state index is 5.84. The SMILES string of the molecule is C/C=C(C)\C=C/c1cc2cc(-c3ccccc3)ccc2o1. The summed E-state index contributed by atoms with van der Waals surface area (Å²) in [6, 6.07) is 18.8. The number of rotatable bonds is 3. The van der Waals surface area contributed by atoms with Gasteiger partial charge in [0, 0.05) is 5.39 Å². The van der Waals surface area contributed by atoms with Crippen molar-refractivity contribution in [3.8, 4) is 11.1 Å². The van der Waals surface area contributed by atoms with Gasteiger partial charge in [0.15, 0.2) is 0 Å². The van der Waals surface area contributed by atoms with Crippen molar-refractivity contribution in [3.05, 3.63) is 78.1 Å². The quantitative estimate of drug-likeness (QED) is 0.527. The van der Waals surface area contributed by atoms with Crippen LogP contribution in [0.1, 0.15) is 19.6 Å². The van der Waals surface area contributed by atoms with Gasteiger partial charge >= 0.3 is 0 Å².